The van der Waals surface area contributed by atoms with Crippen molar-refractivity contribution in [3.05, 3.63) is 53.5 Å². The van der Waals surface area contributed by atoms with Crippen LogP contribution in [-0.2, 0) is 6.54 Å². The van der Waals surface area contributed by atoms with Crippen LogP contribution in [0.4, 0.5) is 0 Å². The maximum Gasteiger partial charge on any atom is 0.276 e. The minimum Gasteiger partial charge on any atom is -0.339 e. The molecule has 29 heavy (non-hydrogen) atoms. The van der Waals surface area contributed by atoms with E-state index in [1.54, 1.807) is 35.4 Å². The minimum atomic E-state index is -0.102. The topological polar surface area (TPSA) is 94.1 Å². The third kappa shape index (κ3) is 3.70. The second kappa shape index (κ2) is 7.98. The Hall–Kier alpha value is -3.29. The largest absolute Gasteiger partial charge is 0.339 e. The van der Waals surface area contributed by atoms with Gasteiger partial charge in [-0.3, -0.25) is 14.3 Å². The van der Waals surface area contributed by atoms with Crippen LogP contribution in [0.25, 0.3) is 11.6 Å². The summed E-state index contributed by atoms with van der Waals surface area (Å²) in [5.41, 5.74) is 1.74. The SMILES string of the molecule is CCn1nccc1-c1nc(C2CCN(C(=O)c3ccccc3C(C)=O)CC2)no1. The van der Waals surface area contributed by atoms with Gasteiger partial charge in [-0.15, -0.1) is 0 Å². The molecule has 3 heterocycles. The third-order valence-corrected chi connectivity index (χ3v) is 5.36. The van der Waals surface area contributed by atoms with Crippen LogP contribution in [0.2, 0.25) is 0 Å². The lowest BCUT2D eigenvalue weighted by Crippen LogP contribution is -2.38. The first kappa shape index (κ1) is 19.0. The quantitative estimate of drug-likeness (QED) is 0.618. The molecule has 1 amide bonds. The van der Waals surface area contributed by atoms with E-state index in [1.165, 1.54) is 6.92 Å². The monoisotopic (exact) mass is 393 g/mol. The molecule has 0 saturated carbocycles. The highest BCUT2D eigenvalue weighted by molar-refractivity contribution is 6.07. The Morgan fingerprint density at radius 1 is 1.14 bits per heavy atom. The van der Waals surface area contributed by atoms with Gasteiger partial charge in [-0.2, -0.15) is 10.1 Å². The molecule has 0 N–H and O–H groups in total. The molecule has 1 aliphatic heterocycles. The van der Waals surface area contributed by atoms with Gasteiger partial charge < -0.3 is 9.42 Å². The molecule has 0 aliphatic carbocycles. The number of piperidine rings is 1. The average Bonchev–Trinajstić information content (AvgIpc) is 3.42. The van der Waals surface area contributed by atoms with Crippen LogP contribution >= 0.6 is 0 Å². The third-order valence-electron chi connectivity index (χ3n) is 5.36. The number of carbonyl (C=O) groups is 2. The molecular formula is C21H23N5O3. The molecule has 1 fully saturated rings. The number of benzene rings is 1. The molecule has 1 saturated heterocycles. The Morgan fingerprint density at radius 3 is 2.55 bits per heavy atom. The highest BCUT2D eigenvalue weighted by Crippen LogP contribution is 2.29. The summed E-state index contributed by atoms with van der Waals surface area (Å²) in [4.78, 5) is 31.1. The van der Waals surface area contributed by atoms with Crippen molar-refractivity contribution in [2.24, 2.45) is 0 Å². The lowest BCUT2D eigenvalue weighted by atomic mass is 9.95. The smallest absolute Gasteiger partial charge is 0.276 e. The first-order valence-corrected chi connectivity index (χ1v) is 9.83. The van der Waals surface area contributed by atoms with E-state index in [9.17, 15) is 9.59 Å². The van der Waals surface area contributed by atoms with Gasteiger partial charge in [0.05, 0.1) is 5.56 Å². The maximum absolute atomic E-state index is 12.9. The summed E-state index contributed by atoms with van der Waals surface area (Å²) in [5, 5.41) is 8.39. The molecule has 1 aliphatic rings. The van der Waals surface area contributed by atoms with Crippen molar-refractivity contribution >= 4 is 11.7 Å². The van der Waals surface area contributed by atoms with Gasteiger partial charge in [-0.25, -0.2) is 0 Å². The van der Waals surface area contributed by atoms with Gasteiger partial charge in [0.2, 0.25) is 0 Å². The summed E-state index contributed by atoms with van der Waals surface area (Å²) in [6.45, 7) is 5.39. The Labute approximate surface area is 168 Å². The van der Waals surface area contributed by atoms with Crippen molar-refractivity contribution in [2.45, 2.75) is 39.2 Å². The van der Waals surface area contributed by atoms with Crippen molar-refractivity contribution in [1.82, 2.24) is 24.8 Å². The first-order chi connectivity index (χ1) is 14.1. The number of carbonyl (C=O) groups excluding carboxylic acids is 2. The zero-order valence-electron chi connectivity index (χ0n) is 16.5. The van der Waals surface area contributed by atoms with E-state index in [2.05, 4.69) is 15.2 Å². The molecule has 0 unspecified atom stereocenters. The highest BCUT2D eigenvalue weighted by Gasteiger charge is 2.29. The van der Waals surface area contributed by atoms with Crippen molar-refractivity contribution in [3.63, 3.8) is 0 Å². The van der Waals surface area contributed by atoms with Crippen molar-refractivity contribution < 1.29 is 14.1 Å². The number of hydrogen-bond acceptors (Lipinski definition) is 6. The number of aryl methyl sites for hydroxylation is 1. The summed E-state index contributed by atoms with van der Waals surface area (Å²) in [6, 6.07) is 8.83. The first-order valence-electron chi connectivity index (χ1n) is 9.83. The van der Waals surface area contributed by atoms with Crippen molar-refractivity contribution in [3.8, 4) is 11.6 Å². The van der Waals surface area contributed by atoms with Crippen LogP contribution in [0.3, 0.4) is 0 Å². The fourth-order valence-corrected chi connectivity index (χ4v) is 3.76. The summed E-state index contributed by atoms with van der Waals surface area (Å²) in [5.74, 6) is 1.07. The van der Waals surface area contributed by atoms with E-state index in [0.717, 1.165) is 25.1 Å². The minimum absolute atomic E-state index is 0.102. The van der Waals surface area contributed by atoms with Crippen LogP contribution in [-0.4, -0.2) is 49.6 Å². The van der Waals surface area contributed by atoms with Gasteiger partial charge in [0.25, 0.3) is 11.8 Å². The molecule has 2 aromatic heterocycles. The van der Waals surface area contributed by atoms with E-state index in [4.69, 9.17) is 4.52 Å². The summed E-state index contributed by atoms with van der Waals surface area (Å²) in [7, 11) is 0. The molecule has 4 rings (SSSR count). The molecular weight excluding hydrogens is 370 g/mol. The standard InChI is InChI=1S/C21H23N5O3/c1-3-26-18(8-11-22-26)20-23-19(24-29-20)15-9-12-25(13-10-15)21(28)17-7-5-4-6-16(17)14(2)27/h4-8,11,15H,3,9-10,12-13H2,1-2H3. The van der Waals surface area contributed by atoms with Gasteiger partial charge in [0, 0.05) is 37.3 Å². The molecule has 0 spiro atoms. The van der Waals surface area contributed by atoms with Crippen LogP contribution < -0.4 is 0 Å². The highest BCUT2D eigenvalue weighted by atomic mass is 16.5. The summed E-state index contributed by atoms with van der Waals surface area (Å²) in [6.07, 6.45) is 3.21. The van der Waals surface area contributed by atoms with E-state index >= 15 is 0 Å². The molecule has 0 atom stereocenters. The van der Waals surface area contributed by atoms with Gasteiger partial charge >= 0.3 is 0 Å². The Balaban J connectivity index is 1.44. The second-order valence-corrected chi connectivity index (χ2v) is 7.16. The Morgan fingerprint density at radius 2 is 1.86 bits per heavy atom. The molecule has 8 heteroatoms. The number of rotatable bonds is 5. The zero-order valence-corrected chi connectivity index (χ0v) is 16.5. The number of aromatic nitrogens is 4. The number of likely N-dealkylation sites (tertiary alicyclic amines) is 1. The fourth-order valence-electron chi connectivity index (χ4n) is 3.76. The van der Waals surface area contributed by atoms with Crippen LogP contribution in [0.1, 0.15) is 59.1 Å². The molecule has 1 aromatic carbocycles. The number of hydrogen-bond donors (Lipinski definition) is 0. The normalized spacial score (nSPS) is 14.9. The molecule has 0 bridgehead atoms. The average molecular weight is 393 g/mol. The maximum atomic E-state index is 12.9. The van der Waals surface area contributed by atoms with Gasteiger partial charge in [-0.1, -0.05) is 23.4 Å². The number of nitrogens with zero attached hydrogens (tertiary/aromatic N) is 5. The Kier molecular flexibility index (Phi) is 5.24. The van der Waals surface area contributed by atoms with E-state index in [-0.39, 0.29) is 17.6 Å². The van der Waals surface area contributed by atoms with E-state index < -0.39 is 0 Å². The molecule has 150 valence electrons. The second-order valence-electron chi connectivity index (χ2n) is 7.16. The lowest BCUT2D eigenvalue weighted by Gasteiger charge is -2.31. The number of Topliss-reactive ketones (excluding diaryl/α,β-unsaturated/α-hetero) is 1. The number of amides is 1. The van der Waals surface area contributed by atoms with E-state index in [1.807, 2.05) is 17.7 Å². The van der Waals surface area contributed by atoms with Crippen LogP contribution in [0, 0.1) is 0 Å². The van der Waals surface area contributed by atoms with Crippen molar-refractivity contribution in [2.75, 3.05) is 13.1 Å². The molecule has 3 aromatic rings. The number of ketones is 1. The van der Waals surface area contributed by atoms with Gasteiger partial charge in [0.15, 0.2) is 11.6 Å². The van der Waals surface area contributed by atoms with Crippen LogP contribution in [0.15, 0.2) is 41.1 Å². The Bertz CT molecular complexity index is 1030. The molecule has 8 nitrogen and oxygen atoms in total. The fraction of sp³-hybridized carbons (Fsp3) is 0.381. The summed E-state index contributed by atoms with van der Waals surface area (Å²) >= 11 is 0. The summed E-state index contributed by atoms with van der Waals surface area (Å²) < 4.78 is 7.26. The van der Waals surface area contributed by atoms with Crippen molar-refractivity contribution in [1.29, 1.82) is 0 Å². The zero-order chi connectivity index (χ0) is 20.4. The van der Waals surface area contributed by atoms with Crippen LogP contribution in [0.5, 0.6) is 0 Å². The lowest BCUT2D eigenvalue weighted by molar-refractivity contribution is 0.0706. The van der Waals surface area contributed by atoms with E-state index in [0.29, 0.717) is 35.9 Å². The predicted molar refractivity (Wildman–Crippen MR) is 106 cm³/mol. The van der Waals surface area contributed by atoms with Gasteiger partial charge in [-0.05, 0) is 38.8 Å². The molecule has 0 radical (unpaired) electrons. The van der Waals surface area contributed by atoms with Gasteiger partial charge in [0.1, 0.15) is 5.69 Å². The predicted octanol–water partition coefficient (Wildman–Crippen LogP) is 3.18.